The van der Waals surface area contributed by atoms with Crippen LogP contribution in [-0.4, -0.2) is 41.8 Å². The van der Waals surface area contributed by atoms with Crippen LogP contribution in [-0.2, 0) is 14.8 Å². The normalized spacial score (nSPS) is 23.5. The molecular formula is C10H16N4O4S2. The van der Waals surface area contributed by atoms with Crippen LogP contribution in [0.15, 0.2) is 4.34 Å². The topological polar surface area (TPSA) is 121 Å². The highest BCUT2D eigenvalue weighted by atomic mass is 32.2. The van der Waals surface area contributed by atoms with Gasteiger partial charge in [0.1, 0.15) is 0 Å². The second-order valence-corrected chi connectivity index (χ2v) is 7.50. The summed E-state index contributed by atoms with van der Waals surface area (Å²) >= 11 is 0.772. The molecule has 1 amide bonds. The largest absolute Gasteiger partial charge is 0.391 e. The molecule has 2 unspecified atom stereocenters. The summed E-state index contributed by atoms with van der Waals surface area (Å²) < 4.78 is 26.5. The number of aliphatic hydroxyl groups excluding tert-OH is 1. The van der Waals surface area contributed by atoms with Gasteiger partial charge in [-0.15, -0.1) is 10.2 Å². The van der Waals surface area contributed by atoms with Gasteiger partial charge in [-0.3, -0.25) is 4.79 Å². The van der Waals surface area contributed by atoms with Gasteiger partial charge in [-0.2, -0.15) is 0 Å². The summed E-state index contributed by atoms with van der Waals surface area (Å²) in [5.74, 6) is -0.347. The summed E-state index contributed by atoms with van der Waals surface area (Å²) in [6.07, 6.45) is 2.27. The van der Waals surface area contributed by atoms with Crippen LogP contribution in [0.25, 0.3) is 0 Å². The molecule has 2 atom stereocenters. The minimum atomic E-state index is -3.82. The Morgan fingerprint density at radius 2 is 2.05 bits per heavy atom. The number of amides is 1. The van der Waals surface area contributed by atoms with Crippen molar-refractivity contribution in [3.63, 3.8) is 0 Å². The first kappa shape index (κ1) is 15.3. The number of sulfonamides is 1. The summed E-state index contributed by atoms with van der Waals surface area (Å²) in [6, 6.07) is -0.498. The van der Waals surface area contributed by atoms with Gasteiger partial charge in [-0.05, 0) is 12.8 Å². The Balaban J connectivity index is 2.09. The van der Waals surface area contributed by atoms with E-state index in [-0.39, 0.29) is 15.4 Å². The lowest BCUT2D eigenvalue weighted by Crippen LogP contribution is -2.44. The number of carbonyl (C=O) groups is 1. The molecule has 0 aromatic carbocycles. The molecule has 1 aliphatic rings. The Morgan fingerprint density at radius 3 is 2.70 bits per heavy atom. The van der Waals surface area contributed by atoms with Crippen molar-refractivity contribution in [3.8, 4) is 0 Å². The predicted molar refractivity (Wildman–Crippen MR) is 72.8 cm³/mol. The second kappa shape index (κ2) is 6.12. The van der Waals surface area contributed by atoms with Gasteiger partial charge < -0.3 is 10.4 Å². The van der Waals surface area contributed by atoms with Crippen molar-refractivity contribution < 1.29 is 18.3 Å². The van der Waals surface area contributed by atoms with Crippen LogP contribution in [0.2, 0.25) is 0 Å². The number of hydrogen-bond donors (Lipinski definition) is 3. The first-order valence-electron chi connectivity index (χ1n) is 6.20. The molecular weight excluding hydrogens is 304 g/mol. The fraction of sp³-hybridized carbons (Fsp3) is 0.700. The van der Waals surface area contributed by atoms with E-state index >= 15 is 0 Å². The van der Waals surface area contributed by atoms with Gasteiger partial charge in [0.25, 0.3) is 10.0 Å². The van der Waals surface area contributed by atoms with Crippen molar-refractivity contribution in [2.24, 2.45) is 0 Å². The molecule has 0 aliphatic heterocycles. The number of rotatable bonds is 4. The summed E-state index contributed by atoms with van der Waals surface area (Å²) in [5.41, 5.74) is 0. The maximum absolute atomic E-state index is 12.1. The van der Waals surface area contributed by atoms with Gasteiger partial charge in [0.2, 0.25) is 15.4 Å². The third kappa shape index (κ3) is 3.72. The van der Waals surface area contributed by atoms with E-state index in [1.165, 1.54) is 6.92 Å². The molecule has 0 spiro atoms. The minimum Gasteiger partial charge on any atom is -0.391 e. The number of aliphatic hydroxyl groups is 1. The highest BCUT2D eigenvalue weighted by Gasteiger charge is 2.30. The molecule has 2 rings (SSSR count). The van der Waals surface area contributed by atoms with E-state index in [9.17, 15) is 18.3 Å². The predicted octanol–water partition coefficient (Wildman–Crippen LogP) is 0.0783. The van der Waals surface area contributed by atoms with E-state index in [4.69, 9.17) is 0 Å². The maximum Gasteiger partial charge on any atom is 0.270 e. The number of nitrogens with zero attached hydrogens (tertiary/aromatic N) is 2. The van der Waals surface area contributed by atoms with Gasteiger partial charge in [0, 0.05) is 13.0 Å². The Bertz CT molecular complexity index is 586. The van der Waals surface area contributed by atoms with Crippen molar-refractivity contribution in [3.05, 3.63) is 0 Å². The molecule has 1 fully saturated rings. The van der Waals surface area contributed by atoms with E-state index in [1.54, 1.807) is 0 Å². The van der Waals surface area contributed by atoms with E-state index in [0.717, 1.165) is 24.2 Å². The summed E-state index contributed by atoms with van der Waals surface area (Å²) in [6.45, 7) is 1.30. The number of nitrogens with one attached hydrogen (secondary N) is 2. The van der Waals surface area contributed by atoms with E-state index in [0.29, 0.717) is 12.8 Å². The quantitative estimate of drug-likeness (QED) is 0.675. The lowest BCUT2D eigenvalue weighted by atomic mass is 9.93. The van der Waals surface area contributed by atoms with Crippen molar-refractivity contribution in [2.75, 3.05) is 5.32 Å². The van der Waals surface area contributed by atoms with Crippen LogP contribution in [0.5, 0.6) is 0 Å². The standard InChI is InChI=1S/C10H16N4O4S2/c1-6(15)11-9-12-13-10(19-9)20(17,18)14-7-4-2-3-5-8(7)16/h7-8,14,16H,2-5H2,1H3,(H,11,12,15). The average molecular weight is 320 g/mol. The van der Waals surface area contributed by atoms with E-state index < -0.39 is 22.2 Å². The van der Waals surface area contributed by atoms with Crippen molar-refractivity contribution in [2.45, 2.75) is 49.1 Å². The Morgan fingerprint density at radius 1 is 1.35 bits per heavy atom. The maximum atomic E-state index is 12.1. The van der Waals surface area contributed by atoms with E-state index in [1.807, 2.05) is 0 Å². The van der Waals surface area contributed by atoms with Crippen LogP contribution in [0.4, 0.5) is 5.13 Å². The molecule has 1 saturated carbocycles. The molecule has 1 heterocycles. The molecule has 1 aromatic heterocycles. The van der Waals surface area contributed by atoms with Crippen molar-refractivity contribution in [1.29, 1.82) is 0 Å². The lowest BCUT2D eigenvalue weighted by molar-refractivity contribution is -0.114. The van der Waals surface area contributed by atoms with Crippen LogP contribution in [0, 0.1) is 0 Å². The molecule has 1 aromatic rings. The molecule has 1 aliphatic carbocycles. The van der Waals surface area contributed by atoms with Gasteiger partial charge in [0.15, 0.2) is 0 Å². The SMILES string of the molecule is CC(=O)Nc1nnc(S(=O)(=O)NC2CCCCC2O)s1. The number of aromatic nitrogens is 2. The lowest BCUT2D eigenvalue weighted by Gasteiger charge is -2.27. The van der Waals surface area contributed by atoms with E-state index in [2.05, 4.69) is 20.2 Å². The Kier molecular flexibility index (Phi) is 4.68. The highest BCUT2D eigenvalue weighted by Crippen LogP contribution is 2.23. The fourth-order valence-electron chi connectivity index (χ4n) is 2.02. The fourth-order valence-corrected chi connectivity index (χ4v) is 4.28. The van der Waals surface area contributed by atoms with Gasteiger partial charge in [-0.1, -0.05) is 24.2 Å². The van der Waals surface area contributed by atoms with Crippen molar-refractivity contribution in [1.82, 2.24) is 14.9 Å². The molecule has 10 heteroatoms. The molecule has 112 valence electrons. The summed E-state index contributed by atoms with van der Waals surface area (Å²) in [4.78, 5) is 10.9. The van der Waals surface area contributed by atoms with Crippen LogP contribution in [0.1, 0.15) is 32.6 Å². The smallest absolute Gasteiger partial charge is 0.270 e. The molecule has 0 radical (unpaired) electrons. The zero-order valence-corrected chi connectivity index (χ0v) is 12.5. The zero-order chi connectivity index (χ0) is 14.8. The van der Waals surface area contributed by atoms with Crippen molar-refractivity contribution >= 4 is 32.4 Å². The third-order valence-electron chi connectivity index (χ3n) is 2.96. The van der Waals surface area contributed by atoms with Gasteiger partial charge in [0.05, 0.1) is 6.10 Å². The average Bonchev–Trinajstić information content (AvgIpc) is 2.80. The third-order valence-corrected chi connectivity index (χ3v) is 5.65. The van der Waals surface area contributed by atoms with Crippen LogP contribution in [0.3, 0.4) is 0 Å². The molecule has 8 nitrogen and oxygen atoms in total. The number of anilines is 1. The van der Waals surface area contributed by atoms with Gasteiger partial charge in [-0.25, -0.2) is 13.1 Å². The zero-order valence-electron chi connectivity index (χ0n) is 10.9. The molecule has 20 heavy (non-hydrogen) atoms. The summed E-state index contributed by atoms with van der Waals surface area (Å²) in [5, 5.41) is 19.4. The first-order valence-corrected chi connectivity index (χ1v) is 8.50. The highest BCUT2D eigenvalue weighted by molar-refractivity contribution is 7.91. The second-order valence-electron chi connectivity index (χ2n) is 4.63. The molecule has 3 N–H and O–H groups in total. The Labute approximate surface area is 120 Å². The number of hydrogen-bond acceptors (Lipinski definition) is 7. The van der Waals surface area contributed by atoms with Crippen LogP contribution >= 0.6 is 11.3 Å². The van der Waals surface area contributed by atoms with Gasteiger partial charge >= 0.3 is 0 Å². The molecule has 0 bridgehead atoms. The molecule has 0 saturated heterocycles. The summed E-state index contributed by atoms with van der Waals surface area (Å²) in [7, 11) is -3.82. The van der Waals surface area contributed by atoms with Crippen LogP contribution < -0.4 is 10.0 Å². The number of carbonyl (C=O) groups excluding carboxylic acids is 1. The minimum absolute atomic E-state index is 0.127. The Hall–Kier alpha value is -1.10. The monoisotopic (exact) mass is 320 g/mol. The first-order chi connectivity index (χ1) is 9.38.